The molecule has 4 nitrogen and oxygen atoms in total. The zero-order valence-electron chi connectivity index (χ0n) is 5.83. The van der Waals surface area contributed by atoms with Crippen LogP contribution in [0, 0.1) is 0 Å². The molecule has 4 heteroatoms. The van der Waals surface area contributed by atoms with E-state index in [1.165, 1.54) is 0 Å². The van der Waals surface area contributed by atoms with Gasteiger partial charge in [-0.25, -0.2) is 4.79 Å². The van der Waals surface area contributed by atoms with E-state index in [2.05, 4.69) is 0 Å². The minimum atomic E-state index is -1.44. The number of ketones is 1. The van der Waals surface area contributed by atoms with Crippen LogP contribution in [0.3, 0.4) is 0 Å². The summed E-state index contributed by atoms with van der Waals surface area (Å²) in [5.74, 6) is -2.34. The van der Waals surface area contributed by atoms with Gasteiger partial charge in [0.05, 0.1) is 6.04 Å². The number of carboxylic acids is 1. The summed E-state index contributed by atoms with van der Waals surface area (Å²) in [5, 5.41) is 8.15. The van der Waals surface area contributed by atoms with Crippen LogP contribution in [-0.4, -0.2) is 22.9 Å². The zero-order valence-corrected chi connectivity index (χ0v) is 5.83. The van der Waals surface area contributed by atoms with Gasteiger partial charge in [-0.3, -0.25) is 4.79 Å². The Morgan fingerprint density at radius 3 is 2.40 bits per heavy atom. The number of hydrogen-bond acceptors (Lipinski definition) is 3. The van der Waals surface area contributed by atoms with Crippen molar-refractivity contribution in [3.63, 3.8) is 0 Å². The molecule has 0 radical (unpaired) electrons. The Bertz CT molecular complexity index is 144. The Hall–Kier alpha value is -0.900. The molecular weight excluding hydrogens is 134 g/mol. The van der Waals surface area contributed by atoms with Crippen molar-refractivity contribution in [3.8, 4) is 0 Å². The summed E-state index contributed by atoms with van der Waals surface area (Å²) in [4.78, 5) is 20.5. The molecule has 0 aliphatic rings. The predicted molar refractivity (Wildman–Crippen MR) is 35.5 cm³/mol. The molecule has 0 aromatic carbocycles. The first-order chi connectivity index (χ1) is 4.59. The van der Waals surface area contributed by atoms with Gasteiger partial charge in [0.1, 0.15) is 0 Å². The van der Waals surface area contributed by atoms with E-state index in [1.807, 2.05) is 6.92 Å². The van der Waals surface area contributed by atoms with Gasteiger partial charge in [0, 0.05) is 0 Å². The Balaban J connectivity index is 3.82. The summed E-state index contributed by atoms with van der Waals surface area (Å²) in [7, 11) is 0. The number of carboxylic acid groups (broad SMARTS) is 1. The molecule has 0 saturated carbocycles. The van der Waals surface area contributed by atoms with Gasteiger partial charge in [0.25, 0.3) is 5.78 Å². The highest BCUT2D eigenvalue weighted by molar-refractivity contribution is 6.34. The van der Waals surface area contributed by atoms with Crippen LogP contribution < -0.4 is 5.73 Å². The first kappa shape index (κ1) is 9.10. The molecule has 1 atom stereocenters. The quantitative estimate of drug-likeness (QED) is 0.535. The Kier molecular flexibility index (Phi) is 3.64. The fraction of sp³-hybridized carbons (Fsp3) is 0.667. The molecule has 0 spiro atoms. The number of rotatable bonds is 4. The van der Waals surface area contributed by atoms with Crippen molar-refractivity contribution < 1.29 is 14.7 Å². The van der Waals surface area contributed by atoms with Gasteiger partial charge in [-0.05, 0) is 6.42 Å². The molecule has 0 rings (SSSR count). The molecule has 0 bridgehead atoms. The standard InChI is InChI=1S/C6H11NO3/c1-2-3-4(7)5(8)6(9)10/h4H,2-3,7H2,1H3,(H,9,10)/t4-/m0/s1. The first-order valence-corrected chi connectivity index (χ1v) is 3.12. The molecule has 0 aliphatic heterocycles. The summed E-state index contributed by atoms with van der Waals surface area (Å²) in [6.45, 7) is 1.84. The second kappa shape index (κ2) is 4.00. The summed E-state index contributed by atoms with van der Waals surface area (Å²) < 4.78 is 0. The van der Waals surface area contributed by atoms with Crippen LogP contribution in [0.25, 0.3) is 0 Å². The van der Waals surface area contributed by atoms with Crippen LogP contribution in [0.4, 0.5) is 0 Å². The summed E-state index contributed by atoms with van der Waals surface area (Å²) in [6.07, 6.45) is 1.16. The second-order valence-corrected chi connectivity index (χ2v) is 2.06. The van der Waals surface area contributed by atoms with Crippen molar-refractivity contribution >= 4 is 11.8 Å². The van der Waals surface area contributed by atoms with Crippen LogP contribution in [0.1, 0.15) is 19.8 Å². The normalized spacial score (nSPS) is 12.6. The monoisotopic (exact) mass is 145 g/mol. The van der Waals surface area contributed by atoms with E-state index in [0.29, 0.717) is 6.42 Å². The fourth-order valence-electron chi connectivity index (χ4n) is 0.601. The number of hydrogen-bond donors (Lipinski definition) is 2. The maximum absolute atomic E-state index is 10.5. The molecule has 58 valence electrons. The smallest absolute Gasteiger partial charge is 0.373 e. The summed E-state index contributed by atoms with van der Waals surface area (Å²) in [5.41, 5.74) is 5.20. The highest BCUT2D eigenvalue weighted by Gasteiger charge is 2.19. The van der Waals surface area contributed by atoms with Crippen LogP contribution in [0.2, 0.25) is 0 Å². The average molecular weight is 145 g/mol. The fourth-order valence-corrected chi connectivity index (χ4v) is 0.601. The molecule has 10 heavy (non-hydrogen) atoms. The minimum Gasteiger partial charge on any atom is -0.475 e. The summed E-state index contributed by atoms with van der Waals surface area (Å²) >= 11 is 0. The molecule has 0 unspecified atom stereocenters. The van der Waals surface area contributed by atoms with Crippen molar-refractivity contribution in [1.82, 2.24) is 0 Å². The van der Waals surface area contributed by atoms with E-state index in [4.69, 9.17) is 10.8 Å². The van der Waals surface area contributed by atoms with Gasteiger partial charge in [-0.2, -0.15) is 0 Å². The van der Waals surface area contributed by atoms with Crippen LogP contribution in [0.5, 0.6) is 0 Å². The van der Waals surface area contributed by atoms with Gasteiger partial charge in [0.2, 0.25) is 0 Å². The number of Topliss-reactive ketones (excluding diaryl/α,β-unsaturated/α-hetero) is 1. The van der Waals surface area contributed by atoms with Gasteiger partial charge in [-0.1, -0.05) is 13.3 Å². The average Bonchev–Trinajstić information content (AvgIpc) is 1.87. The van der Waals surface area contributed by atoms with Crippen LogP contribution in [-0.2, 0) is 9.59 Å². The van der Waals surface area contributed by atoms with Crippen molar-refractivity contribution in [2.24, 2.45) is 5.73 Å². The third-order valence-corrected chi connectivity index (χ3v) is 1.15. The lowest BCUT2D eigenvalue weighted by molar-refractivity contribution is -0.149. The van der Waals surface area contributed by atoms with E-state index < -0.39 is 17.8 Å². The van der Waals surface area contributed by atoms with Crippen molar-refractivity contribution in [1.29, 1.82) is 0 Å². The third-order valence-electron chi connectivity index (χ3n) is 1.15. The second-order valence-electron chi connectivity index (χ2n) is 2.06. The highest BCUT2D eigenvalue weighted by atomic mass is 16.4. The molecular formula is C6H11NO3. The Morgan fingerprint density at radius 2 is 2.10 bits per heavy atom. The van der Waals surface area contributed by atoms with E-state index in [-0.39, 0.29) is 0 Å². The molecule has 0 saturated heterocycles. The number of carbonyl (C=O) groups excluding carboxylic acids is 1. The largest absolute Gasteiger partial charge is 0.475 e. The molecule has 0 aliphatic carbocycles. The summed E-state index contributed by atoms with van der Waals surface area (Å²) in [6, 6.07) is -0.831. The number of carbonyl (C=O) groups is 2. The third kappa shape index (κ3) is 2.59. The van der Waals surface area contributed by atoms with Gasteiger partial charge < -0.3 is 10.8 Å². The van der Waals surface area contributed by atoms with Crippen molar-refractivity contribution in [3.05, 3.63) is 0 Å². The maximum atomic E-state index is 10.5. The predicted octanol–water partition coefficient (Wildman–Crippen LogP) is -0.232. The Labute approximate surface area is 59.0 Å². The lowest BCUT2D eigenvalue weighted by Gasteiger charge is -2.03. The van der Waals surface area contributed by atoms with Gasteiger partial charge in [0.15, 0.2) is 0 Å². The molecule has 0 fully saturated rings. The molecule has 0 amide bonds. The lowest BCUT2D eigenvalue weighted by atomic mass is 10.1. The number of nitrogens with two attached hydrogens (primary N) is 1. The Morgan fingerprint density at radius 1 is 1.60 bits per heavy atom. The first-order valence-electron chi connectivity index (χ1n) is 3.12. The van der Waals surface area contributed by atoms with Crippen molar-refractivity contribution in [2.45, 2.75) is 25.8 Å². The van der Waals surface area contributed by atoms with E-state index in [1.54, 1.807) is 0 Å². The number of aliphatic carboxylic acids is 1. The molecule has 3 N–H and O–H groups in total. The minimum absolute atomic E-state index is 0.436. The topological polar surface area (TPSA) is 80.4 Å². The van der Waals surface area contributed by atoms with E-state index in [0.717, 1.165) is 6.42 Å². The SMILES string of the molecule is CCC[C@H](N)C(=O)C(=O)O. The maximum Gasteiger partial charge on any atom is 0.373 e. The van der Waals surface area contributed by atoms with Gasteiger partial charge in [-0.15, -0.1) is 0 Å². The van der Waals surface area contributed by atoms with Gasteiger partial charge >= 0.3 is 5.97 Å². The van der Waals surface area contributed by atoms with E-state index in [9.17, 15) is 9.59 Å². The van der Waals surface area contributed by atoms with E-state index >= 15 is 0 Å². The van der Waals surface area contributed by atoms with Crippen molar-refractivity contribution in [2.75, 3.05) is 0 Å². The molecule has 0 aromatic rings. The van der Waals surface area contributed by atoms with Crippen LogP contribution in [0.15, 0.2) is 0 Å². The van der Waals surface area contributed by atoms with Crippen LogP contribution >= 0.6 is 0 Å². The lowest BCUT2D eigenvalue weighted by Crippen LogP contribution is -2.35. The highest BCUT2D eigenvalue weighted by Crippen LogP contribution is 1.93. The molecule has 0 aromatic heterocycles. The zero-order chi connectivity index (χ0) is 8.15. The molecule has 0 heterocycles.